The van der Waals surface area contributed by atoms with Crippen LogP contribution >= 0.6 is 0 Å². The minimum Gasteiger partial charge on any atom is -0.444 e. The number of nitrogens with one attached hydrogen (secondary N) is 3. The van der Waals surface area contributed by atoms with Crippen molar-refractivity contribution >= 4 is 35.1 Å². The molecule has 12 heteroatoms. The Morgan fingerprint density at radius 1 is 1.16 bits per heavy atom. The standard InChI is InChI=1S/C32H49N9O3/c1-11-18-33-27-23(15-13-12-14-19-34-28(42)22(2)39(8)31(43)44-32(3,4)5)21-35-30(37-27)36-24-16-17-26-25(20-24)29(38(6)7)41(10)40(26)9/h16-17,20-22,29H,11-12,14,18-19H2,1-10H3,(H,34,42)(H2,33,35,36,37)/t22-,29?/m0/s1. The average Bonchev–Trinajstić information content (AvgIpc) is 3.21. The van der Waals surface area contributed by atoms with Crippen LogP contribution in [0.5, 0.6) is 0 Å². The van der Waals surface area contributed by atoms with E-state index >= 15 is 0 Å². The van der Waals surface area contributed by atoms with Crippen molar-refractivity contribution in [2.24, 2.45) is 0 Å². The van der Waals surface area contributed by atoms with Crippen LogP contribution in [0.2, 0.25) is 0 Å². The SMILES string of the molecule is CCCNc1nc(Nc2ccc3c(c2)C(N(C)C)N(C)N3C)ncc1C#CCCCNC(=O)[C@H](C)N(C)C(=O)OC(C)(C)C. The summed E-state index contributed by atoms with van der Waals surface area (Å²) in [5.74, 6) is 7.27. The highest BCUT2D eigenvalue weighted by Crippen LogP contribution is 2.40. The van der Waals surface area contributed by atoms with Crippen molar-refractivity contribution in [1.29, 1.82) is 0 Å². The van der Waals surface area contributed by atoms with E-state index in [-0.39, 0.29) is 12.1 Å². The van der Waals surface area contributed by atoms with Gasteiger partial charge in [0, 0.05) is 51.9 Å². The number of hydrogen-bond donors (Lipinski definition) is 3. The minimum atomic E-state index is -0.652. The lowest BCUT2D eigenvalue weighted by Crippen LogP contribution is -2.47. The molecule has 1 aliphatic heterocycles. The van der Waals surface area contributed by atoms with Crippen LogP contribution in [-0.4, -0.2) is 96.7 Å². The summed E-state index contributed by atoms with van der Waals surface area (Å²) in [6.07, 6.45) is 3.51. The number of nitrogens with zero attached hydrogens (tertiary/aromatic N) is 6. The lowest BCUT2D eigenvalue weighted by atomic mass is 10.1. The summed E-state index contributed by atoms with van der Waals surface area (Å²) in [6.45, 7) is 10.3. The number of aromatic nitrogens is 2. The summed E-state index contributed by atoms with van der Waals surface area (Å²) >= 11 is 0. The number of anilines is 4. The third-order valence-electron chi connectivity index (χ3n) is 7.20. The van der Waals surface area contributed by atoms with Crippen LogP contribution in [0.15, 0.2) is 24.4 Å². The number of ether oxygens (including phenoxy) is 1. The molecule has 12 nitrogen and oxygen atoms in total. The summed E-state index contributed by atoms with van der Waals surface area (Å²) in [7, 11) is 9.84. The van der Waals surface area contributed by atoms with Gasteiger partial charge in [0.25, 0.3) is 0 Å². The van der Waals surface area contributed by atoms with E-state index < -0.39 is 17.7 Å². The largest absolute Gasteiger partial charge is 0.444 e. The Morgan fingerprint density at radius 2 is 1.89 bits per heavy atom. The van der Waals surface area contributed by atoms with Gasteiger partial charge in [-0.25, -0.2) is 14.8 Å². The molecule has 0 saturated heterocycles. The first-order chi connectivity index (χ1) is 20.7. The van der Waals surface area contributed by atoms with Gasteiger partial charge in [0.15, 0.2) is 0 Å². The molecule has 1 aromatic heterocycles. The maximum atomic E-state index is 12.5. The molecule has 2 amide bonds. The van der Waals surface area contributed by atoms with Crippen molar-refractivity contribution in [1.82, 2.24) is 30.1 Å². The second-order valence-corrected chi connectivity index (χ2v) is 12.2. The smallest absolute Gasteiger partial charge is 0.410 e. The van der Waals surface area contributed by atoms with Crippen molar-refractivity contribution in [2.45, 2.75) is 71.7 Å². The summed E-state index contributed by atoms with van der Waals surface area (Å²) in [6, 6.07) is 5.63. The van der Waals surface area contributed by atoms with Crippen molar-refractivity contribution in [3.05, 3.63) is 35.5 Å². The first kappa shape index (κ1) is 34.4. The molecule has 240 valence electrons. The molecule has 2 aromatic rings. The second-order valence-electron chi connectivity index (χ2n) is 12.2. The minimum absolute atomic E-state index is 0.132. The number of benzene rings is 1. The zero-order chi connectivity index (χ0) is 32.6. The molecule has 3 rings (SSSR count). The molecule has 2 atom stereocenters. The zero-order valence-corrected chi connectivity index (χ0v) is 27.9. The van der Waals surface area contributed by atoms with E-state index in [4.69, 9.17) is 9.72 Å². The van der Waals surface area contributed by atoms with Gasteiger partial charge in [-0.3, -0.25) is 14.6 Å². The number of hydrogen-bond acceptors (Lipinski definition) is 10. The van der Waals surface area contributed by atoms with Gasteiger partial charge in [0.05, 0.1) is 17.4 Å². The number of amides is 2. The maximum absolute atomic E-state index is 12.5. The highest BCUT2D eigenvalue weighted by atomic mass is 16.6. The molecule has 2 heterocycles. The van der Waals surface area contributed by atoms with E-state index in [1.54, 1.807) is 40.9 Å². The third-order valence-corrected chi connectivity index (χ3v) is 7.20. The summed E-state index contributed by atoms with van der Waals surface area (Å²) in [5.41, 5.74) is 3.37. The summed E-state index contributed by atoms with van der Waals surface area (Å²) < 4.78 is 5.34. The maximum Gasteiger partial charge on any atom is 0.410 e. The molecule has 1 aromatic carbocycles. The van der Waals surface area contributed by atoms with Crippen LogP contribution in [-0.2, 0) is 9.53 Å². The number of fused-ring (bicyclic) bond motifs is 1. The van der Waals surface area contributed by atoms with Gasteiger partial charge in [-0.2, -0.15) is 4.98 Å². The van der Waals surface area contributed by atoms with Crippen molar-refractivity contribution in [3.8, 4) is 11.8 Å². The van der Waals surface area contributed by atoms with E-state index in [0.717, 1.165) is 24.3 Å². The van der Waals surface area contributed by atoms with E-state index in [1.165, 1.54) is 10.5 Å². The molecule has 0 spiro atoms. The Morgan fingerprint density at radius 3 is 2.55 bits per heavy atom. The Labute approximate surface area is 262 Å². The molecule has 0 fully saturated rings. The average molecular weight is 608 g/mol. The summed E-state index contributed by atoms with van der Waals surface area (Å²) in [5, 5.41) is 13.9. The van der Waals surface area contributed by atoms with Crippen LogP contribution < -0.4 is 21.0 Å². The van der Waals surface area contributed by atoms with Crippen LogP contribution in [0.25, 0.3) is 0 Å². The fourth-order valence-corrected chi connectivity index (χ4v) is 4.68. The first-order valence-corrected chi connectivity index (χ1v) is 15.1. The number of rotatable bonds is 11. The van der Waals surface area contributed by atoms with Crippen LogP contribution in [0, 0.1) is 11.8 Å². The number of unbranched alkanes of at least 4 members (excludes halogenated alkanes) is 1. The Kier molecular flexibility index (Phi) is 11.8. The molecular formula is C32H49N9O3. The van der Waals surface area contributed by atoms with Gasteiger partial charge in [0.2, 0.25) is 11.9 Å². The molecule has 44 heavy (non-hydrogen) atoms. The normalized spacial score (nSPS) is 15.2. The lowest BCUT2D eigenvalue weighted by Gasteiger charge is -2.30. The predicted molar refractivity (Wildman–Crippen MR) is 176 cm³/mol. The van der Waals surface area contributed by atoms with Crippen LogP contribution in [0.3, 0.4) is 0 Å². The fourth-order valence-electron chi connectivity index (χ4n) is 4.68. The Bertz CT molecular complexity index is 1360. The van der Waals surface area contributed by atoms with E-state index in [1.807, 2.05) is 6.07 Å². The van der Waals surface area contributed by atoms with E-state index in [2.05, 4.69) is 94.9 Å². The van der Waals surface area contributed by atoms with Crippen molar-refractivity contribution < 1.29 is 14.3 Å². The number of carbonyl (C=O) groups excluding carboxylic acids is 2. The Balaban J connectivity index is 1.59. The molecule has 1 aliphatic rings. The fraction of sp³-hybridized carbons (Fsp3) is 0.562. The Hall–Kier alpha value is -4.08. The van der Waals surface area contributed by atoms with Crippen LogP contribution in [0.1, 0.15) is 71.2 Å². The molecule has 0 radical (unpaired) electrons. The zero-order valence-electron chi connectivity index (χ0n) is 27.9. The summed E-state index contributed by atoms with van der Waals surface area (Å²) in [4.78, 5) is 37.5. The van der Waals surface area contributed by atoms with Gasteiger partial charge < -0.3 is 25.7 Å². The molecule has 0 bridgehead atoms. The quantitative estimate of drug-likeness (QED) is 0.251. The highest BCUT2D eigenvalue weighted by Gasteiger charge is 2.33. The first-order valence-electron chi connectivity index (χ1n) is 15.1. The predicted octanol–water partition coefficient (Wildman–Crippen LogP) is 4.40. The topological polar surface area (TPSA) is 118 Å². The van der Waals surface area contributed by atoms with Crippen molar-refractivity contribution in [2.75, 3.05) is 64.0 Å². The van der Waals surface area contributed by atoms with Gasteiger partial charge in [-0.1, -0.05) is 18.8 Å². The number of likely N-dealkylation sites (N-methyl/N-ethyl adjacent to an activating group) is 1. The lowest BCUT2D eigenvalue weighted by molar-refractivity contribution is -0.125. The molecular weight excluding hydrogens is 558 g/mol. The number of hydrazine groups is 1. The van der Waals surface area contributed by atoms with Gasteiger partial charge in [-0.05, 0) is 72.8 Å². The van der Waals surface area contributed by atoms with Gasteiger partial charge >= 0.3 is 6.09 Å². The van der Waals surface area contributed by atoms with Gasteiger partial charge in [-0.15, -0.1) is 0 Å². The monoisotopic (exact) mass is 607 g/mol. The second kappa shape index (κ2) is 15.1. The van der Waals surface area contributed by atoms with Crippen LogP contribution in [0.4, 0.5) is 27.9 Å². The number of carbonyl (C=O) groups is 2. The highest BCUT2D eigenvalue weighted by molar-refractivity contribution is 5.85. The molecule has 0 saturated carbocycles. The van der Waals surface area contributed by atoms with E-state index in [0.29, 0.717) is 36.7 Å². The van der Waals surface area contributed by atoms with Gasteiger partial charge in [0.1, 0.15) is 23.6 Å². The molecule has 1 unspecified atom stereocenters. The van der Waals surface area contributed by atoms with Crippen molar-refractivity contribution in [3.63, 3.8) is 0 Å². The van der Waals surface area contributed by atoms with E-state index in [9.17, 15) is 9.59 Å². The molecule has 0 aliphatic carbocycles. The third kappa shape index (κ3) is 8.97. The molecule has 3 N–H and O–H groups in total.